The van der Waals surface area contributed by atoms with Crippen molar-refractivity contribution < 1.29 is 24.2 Å². The fourth-order valence-electron chi connectivity index (χ4n) is 1.96. The summed E-state index contributed by atoms with van der Waals surface area (Å²) in [7, 11) is 0. The fourth-order valence-corrected chi connectivity index (χ4v) is 1.96. The van der Waals surface area contributed by atoms with E-state index in [1.807, 2.05) is 13.8 Å². The molecule has 0 aromatic heterocycles. The maximum Gasteiger partial charge on any atom is 0.302 e. The molecular weight excluding hydrogens is 212 g/mol. The molecule has 1 rings (SSSR count). The summed E-state index contributed by atoms with van der Waals surface area (Å²) in [5.74, 6) is -0.392. The van der Waals surface area contributed by atoms with Crippen molar-refractivity contribution >= 4 is 12.3 Å². The minimum absolute atomic E-state index is 0.182. The van der Waals surface area contributed by atoms with Crippen LogP contribution in [-0.2, 0) is 19.1 Å². The van der Waals surface area contributed by atoms with Gasteiger partial charge < -0.3 is 19.4 Å². The molecule has 1 fully saturated rings. The van der Waals surface area contributed by atoms with Crippen LogP contribution in [0.4, 0.5) is 0 Å². The molecule has 0 radical (unpaired) electrons. The van der Waals surface area contributed by atoms with Gasteiger partial charge in [0.1, 0.15) is 12.4 Å². The summed E-state index contributed by atoms with van der Waals surface area (Å²) in [5, 5.41) is 9.49. The third kappa shape index (κ3) is 2.80. The van der Waals surface area contributed by atoms with E-state index in [1.54, 1.807) is 0 Å². The van der Waals surface area contributed by atoms with Crippen LogP contribution >= 0.6 is 0 Å². The number of esters is 1. The number of aliphatic hydroxyl groups excluding tert-OH is 1. The molecule has 1 heterocycles. The number of aliphatic hydroxyl groups is 1. The molecule has 5 heteroatoms. The lowest BCUT2D eigenvalue weighted by Gasteiger charge is -2.45. The van der Waals surface area contributed by atoms with Crippen LogP contribution in [-0.4, -0.2) is 35.9 Å². The Morgan fingerprint density at radius 2 is 2.25 bits per heavy atom. The van der Waals surface area contributed by atoms with Crippen molar-refractivity contribution in [3.8, 4) is 0 Å². The van der Waals surface area contributed by atoms with Gasteiger partial charge in [0, 0.05) is 25.2 Å². The summed E-state index contributed by atoms with van der Waals surface area (Å²) < 4.78 is 10.4. The van der Waals surface area contributed by atoms with Gasteiger partial charge in [-0.15, -0.1) is 0 Å². The van der Waals surface area contributed by atoms with Crippen molar-refractivity contribution in [2.24, 2.45) is 5.41 Å². The minimum atomic E-state index is -0.984. The summed E-state index contributed by atoms with van der Waals surface area (Å²) >= 11 is 0. The quantitative estimate of drug-likeness (QED) is 0.569. The molecule has 1 N–H and O–H groups in total. The lowest BCUT2D eigenvalue weighted by molar-refractivity contribution is -0.244. The molecule has 92 valence electrons. The number of ether oxygens (including phenoxy) is 2. The van der Waals surface area contributed by atoms with E-state index < -0.39 is 29.9 Å². The monoisotopic (exact) mass is 230 g/mol. The van der Waals surface area contributed by atoms with Gasteiger partial charge in [-0.3, -0.25) is 4.79 Å². The van der Waals surface area contributed by atoms with E-state index in [0.717, 1.165) is 6.29 Å². The number of aldehydes is 1. The van der Waals surface area contributed by atoms with E-state index in [0.29, 0.717) is 0 Å². The molecule has 0 amide bonds. The Hall–Kier alpha value is -0.940. The molecule has 3 atom stereocenters. The Labute approximate surface area is 94.7 Å². The molecule has 0 spiro atoms. The van der Waals surface area contributed by atoms with E-state index in [-0.39, 0.29) is 12.8 Å². The molecule has 1 unspecified atom stereocenters. The normalized spacial score (nSPS) is 33.1. The number of rotatable bonds is 3. The third-order valence-corrected chi connectivity index (χ3v) is 3.02. The SMILES string of the molecule is CC(=O)O[C@@H]1CC(O)O[C@H](CC=O)C1(C)C. The van der Waals surface area contributed by atoms with Crippen LogP contribution in [0.15, 0.2) is 0 Å². The predicted octanol–water partition coefficient (Wildman–Crippen LogP) is 0.641. The zero-order valence-electron chi connectivity index (χ0n) is 9.80. The van der Waals surface area contributed by atoms with E-state index in [9.17, 15) is 14.7 Å². The van der Waals surface area contributed by atoms with Crippen molar-refractivity contribution in [2.45, 2.75) is 52.1 Å². The van der Waals surface area contributed by atoms with Gasteiger partial charge in [-0.1, -0.05) is 13.8 Å². The highest BCUT2D eigenvalue weighted by Gasteiger charge is 2.46. The highest BCUT2D eigenvalue weighted by atomic mass is 16.6. The van der Waals surface area contributed by atoms with E-state index in [2.05, 4.69) is 0 Å². The molecule has 0 aromatic rings. The van der Waals surface area contributed by atoms with Crippen molar-refractivity contribution in [2.75, 3.05) is 0 Å². The van der Waals surface area contributed by atoms with E-state index in [4.69, 9.17) is 9.47 Å². The summed E-state index contributed by atoms with van der Waals surface area (Å²) in [6, 6.07) is 0. The van der Waals surface area contributed by atoms with Crippen LogP contribution in [0.1, 0.15) is 33.6 Å². The Balaban J connectivity index is 2.81. The molecule has 0 aromatic carbocycles. The predicted molar refractivity (Wildman–Crippen MR) is 55.5 cm³/mol. The molecule has 5 nitrogen and oxygen atoms in total. The first-order chi connectivity index (χ1) is 7.37. The molecule has 1 aliphatic rings. The second-order valence-corrected chi connectivity index (χ2v) is 4.64. The average molecular weight is 230 g/mol. The summed E-state index contributed by atoms with van der Waals surface area (Å²) in [5.41, 5.74) is -0.480. The zero-order chi connectivity index (χ0) is 12.3. The van der Waals surface area contributed by atoms with Gasteiger partial charge in [-0.25, -0.2) is 0 Å². The standard InChI is InChI=1S/C11H18O5/c1-7(13)15-9-6-10(14)16-8(4-5-12)11(9,2)3/h5,8-10,14H,4,6H2,1-3H3/t8-,9-,10?/m1/s1. The van der Waals surface area contributed by atoms with E-state index >= 15 is 0 Å². The third-order valence-electron chi connectivity index (χ3n) is 3.02. The summed E-state index contributed by atoms with van der Waals surface area (Å²) in [6.07, 6.45) is -0.682. The zero-order valence-corrected chi connectivity index (χ0v) is 9.80. The fraction of sp³-hybridized carbons (Fsp3) is 0.818. The minimum Gasteiger partial charge on any atom is -0.462 e. The van der Waals surface area contributed by atoms with Crippen molar-refractivity contribution in [1.29, 1.82) is 0 Å². The maximum absolute atomic E-state index is 11.0. The van der Waals surface area contributed by atoms with Crippen molar-refractivity contribution in [3.63, 3.8) is 0 Å². The molecular formula is C11H18O5. The number of hydrogen-bond acceptors (Lipinski definition) is 5. The average Bonchev–Trinajstić information content (AvgIpc) is 2.13. The highest BCUT2D eigenvalue weighted by Crippen LogP contribution is 2.38. The Morgan fingerprint density at radius 3 is 2.75 bits per heavy atom. The van der Waals surface area contributed by atoms with Gasteiger partial charge in [0.25, 0.3) is 0 Å². The highest BCUT2D eigenvalue weighted by molar-refractivity contribution is 5.66. The van der Waals surface area contributed by atoms with Gasteiger partial charge in [-0.05, 0) is 0 Å². The molecule has 0 bridgehead atoms. The Kier molecular flexibility index (Phi) is 4.04. The topological polar surface area (TPSA) is 72.8 Å². The smallest absolute Gasteiger partial charge is 0.302 e. The van der Waals surface area contributed by atoms with Gasteiger partial charge in [-0.2, -0.15) is 0 Å². The van der Waals surface area contributed by atoms with Gasteiger partial charge in [0.15, 0.2) is 6.29 Å². The second-order valence-electron chi connectivity index (χ2n) is 4.64. The lowest BCUT2D eigenvalue weighted by atomic mass is 9.76. The first-order valence-corrected chi connectivity index (χ1v) is 5.32. The molecule has 1 aliphatic heterocycles. The molecule has 0 saturated carbocycles. The lowest BCUT2D eigenvalue weighted by Crippen LogP contribution is -2.52. The molecule has 1 saturated heterocycles. The second kappa shape index (κ2) is 4.93. The van der Waals surface area contributed by atoms with Crippen LogP contribution in [0.5, 0.6) is 0 Å². The van der Waals surface area contributed by atoms with Crippen LogP contribution in [0.25, 0.3) is 0 Å². The van der Waals surface area contributed by atoms with Gasteiger partial charge in [0.2, 0.25) is 0 Å². The Morgan fingerprint density at radius 1 is 1.62 bits per heavy atom. The molecule has 0 aliphatic carbocycles. The Bertz CT molecular complexity index is 274. The first-order valence-electron chi connectivity index (χ1n) is 5.32. The number of carbonyl (C=O) groups excluding carboxylic acids is 2. The molecule has 16 heavy (non-hydrogen) atoms. The van der Waals surface area contributed by atoms with Crippen LogP contribution < -0.4 is 0 Å². The van der Waals surface area contributed by atoms with Crippen LogP contribution in [0, 0.1) is 5.41 Å². The van der Waals surface area contributed by atoms with Crippen molar-refractivity contribution in [1.82, 2.24) is 0 Å². The maximum atomic E-state index is 11.0. The number of hydrogen-bond donors (Lipinski definition) is 1. The summed E-state index contributed by atoms with van der Waals surface area (Å²) in [4.78, 5) is 21.5. The van der Waals surface area contributed by atoms with Crippen LogP contribution in [0.2, 0.25) is 0 Å². The van der Waals surface area contributed by atoms with E-state index in [1.165, 1.54) is 6.92 Å². The first kappa shape index (κ1) is 13.1. The van der Waals surface area contributed by atoms with Crippen LogP contribution in [0.3, 0.4) is 0 Å². The number of carbonyl (C=O) groups is 2. The van der Waals surface area contributed by atoms with Crippen molar-refractivity contribution in [3.05, 3.63) is 0 Å². The van der Waals surface area contributed by atoms with Gasteiger partial charge in [0.05, 0.1) is 6.10 Å². The van der Waals surface area contributed by atoms with Gasteiger partial charge >= 0.3 is 5.97 Å². The largest absolute Gasteiger partial charge is 0.462 e. The summed E-state index contributed by atoms with van der Waals surface area (Å²) in [6.45, 7) is 5.05.